The van der Waals surface area contributed by atoms with Crippen LogP contribution in [0.2, 0.25) is 0 Å². The summed E-state index contributed by atoms with van der Waals surface area (Å²) in [5.41, 5.74) is 1.87. The van der Waals surface area contributed by atoms with E-state index in [4.69, 9.17) is 10.00 Å². The van der Waals surface area contributed by atoms with Gasteiger partial charge in [-0.1, -0.05) is 12.1 Å². The maximum absolute atomic E-state index is 9.36. The van der Waals surface area contributed by atoms with Crippen LogP contribution in [-0.2, 0) is 4.74 Å². The Morgan fingerprint density at radius 2 is 2.11 bits per heavy atom. The molecule has 3 nitrogen and oxygen atoms in total. The first-order chi connectivity index (χ1) is 8.69. The number of rotatable bonds is 5. The summed E-state index contributed by atoms with van der Waals surface area (Å²) in [5.74, 6) is 0.907. The zero-order valence-corrected chi connectivity index (χ0v) is 11.2. The third-order valence-corrected chi connectivity index (χ3v) is 4.85. The van der Waals surface area contributed by atoms with Crippen molar-refractivity contribution >= 4 is 11.8 Å². The highest BCUT2D eigenvalue weighted by Crippen LogP contribution is 2.37. The first-order valence-electron chi connectivity index (χ1n) is 5.99. The number of aliphatic hydroxyl groups is 1. The van der Waals surface area contributed by atoms with Gasteiger partial charge in [0.15, 0.2) is 0 Å². The van der Waals surface area contributed by atoms with Gasteiger partial charge in [-0.2, -0.15) is 17.0 Å². The summed E-state index contributed by atoms with van der Waals surface area (Å²) in [6.07, 6.45) is 0. The summed E-state index contributed by atoms with van der Waals surface area (Å²) in [6.45, 7) is 3.67. The molecule has 2 rings (SSSR count). The van der Waals surface area contributed by atoms with E-state index in [0.29, 0.717) is 24.0 Å². The first-order valence-corrected chi connectivity index (χ1v) is 7.04. The van der Waals surface area contributed by atoms with Crippen LogP contribution in [-0.4, -0.2) is 30.7 Å². The normalized spacial score (nSPS) is 18.7. The van der Waals surface area contributed by atoms with Crippen LogP contribution in [0.1, 0.15) is 23.3 Å². The lowest BCUT2D eigenvalue weighted by atomic mass is 9.90. The van der Waals surface area contributed by atoms with Crippen molar-refractivity contribution < 1.29 is 9.84 Å². The van der Waals surface area contributed by atoms with Crippen LogP contribution in [0, 0.1) is 16.7 Å². The fourth-order valence-corrected chi connectivity index (χ4v) is 3.05. The molecule has 1 fully saturated rings. The summed E-state index contributed by atoms with van der Waals surface area (Å²) in [7, 11) is 0. The molecule has 1 aromatic carbocycles. The van der Waals surface area contributed by atoms with E-state index in [2.05, 4.69) is 13.0 Å². The summed E-state index contributed by atoms with van der Waals surface area (Å²) in [4.78, 5) is 0. The van der Waals surface area contributed by atoms with Gasteiger partial charge >= 0.3 is 0 Å². The van der Waals surface area contributed by atoms with Crippen LogP contribution in [0.5, 0.6) is 0 Å². The Labute approximate surface area is 112 Å². The molecule has 0 saturated carbocycles. The number of nitriles is 1. The lowest BCUT2D eigenvalue weighted by Gasteiger charge is -2.40. The Hall–Kier alpha value is -1.02. The van der Waals surface area contributed by atoms with Gasteiger partial charge in [-0.05, 0) is 24.6 Å². The monoisotopic (exact) mass is 263 g/mol. The molecule has 1 aliphatic rings. The lowest BCUT2D eigenvalue weighted by molar-refractivity contribution is -0.121. The van der Waals surface area contributed by atoms with Crippen molar-refractivity contribution in [3.05, 3.63) is 35.4 Å². The lowest BCUT2D eigenvalue weighted by Crippen LogP contribution is -2.47. The van der Waals surface area contributed by atoms with E-state index in [0.717, 1.165) is 5.75 Å². The summed E-state index contributed by atoms with van der Waals surface area (Å²) in [5, 5.41) is 18.5. The van der Waals surface area contributed by atoms with Gasteiger partial charge in [-0.15, -0.1) is 0 Å². The predicted molar refractivity (Wildman–Crippen MR) is 72.4 cm³/mol. The molecule has 1 aromatic rings. The largest absolute Gasteiger partial charge is 0.396 e. The molecular formula is C14H17NO2S. The fraction of sp³-hybridized carbons (Fsp3) is 0.500. The van der Waals surface area contributed by atoms with E-state index in [1.54, 1.807) is 0 Å². The zero-order valence-electron chi connectivity index (χ0n) is 10.4. The van der Waals surface area contributed by atoms with Gasteiger partial charge in [0, 0.05) is 16.4 Å². The van der Waals surface area contributed by atoms with E-state index >= 15 is 0 Å². The maximum atomic E-state index is 9.36. The molecule has 0 radical (unpaired) electrons. The second kappa shape index (κ2) is 5.75. The van der Waals surface area contributed by atoms with Crippen molar-refractivity contribution in [2.24, 2.45) is 5.41 Å². The molecular weight excluding hydrogens is 246 g/mol. The Bertz CT molecular complexity index is 429. The highest BCUT2D eigenvalue weighted by Gasteiger charge is 2.38. The summed E-state index contributed by atoms with van der Waals surface area (Å²) in [6, 6.07) is 9.81. The third-order valence-electron chi connectivity index (χ3n) is 3.30. The molecule has 0 spiro atoms. The minimum atomic E-state index is -0.0362. The molecule has 1 heterocycles. The van der Waals surface area contributed by atoms with Crippen LogP contribution in [0.25, 0.3) is 0 Å². The highest BCUT2D eigenvalue weighted by molar-refractivity contribution is 7.99. The fourth-order valence-electron chi connectivity index (χ4n) is 1.84. The van der Waals surface area contributed by atoms with Crippen molar-refractivity contribution in [1.82, 2.24) is 0 Å². The van der Waals surface area contributed by atoms with Gasteiger partial charge in [-0.3, -0.25) is 0 Å². The van der Waals surface area contributed by atoms with E-state index < -0.39 is 0 Å². The Balaban J connectivity index is 1.91. The standard InChI is InChI=1S/C14H17NO2S/c1-11(13-4-2-12(6-15)3-5-13)18-10-14(7-16)8-17-9-14/h2-5,11,16H,7-10H2,1H3. The second-order valence-electron chi connectivity index (χ2n) is 4.84. The topological polar surface area (TPSA) is 53.2 Å². The molecule has 18 heavy (non-hydrogen) atoms. The Kier molecular flexibility index (Phi) is 4.28. The second-order valence-corrected chi connectivity index (χ2v) is 6.17. The molecule has 1 saturated heterocycles. The van der Waals surface area contributed by atoms with Gasteiger partial charge < -0.3 is 9.84 Å². The molecule has 0 aromatic heterocycles. The average molecular weight is 263 g/mol. The molecule has 1 atom stereocenters. The smallest absolute Gasteiger partial charge is 0.0991 e. The summed E-state index contributed by atoms with van der Waals surface area (Å²) >= 11 is 1.83. The number of aliphatic hydroxyl groups excluding tert-OH is 1. The first kappa shape index (κ1) is 13.4. The van der Waals surface area contributed by atoms with Crippen molar-refractivity contribution in [3.8, 4) is 6.07 Å². The maximum Gasteiger partial charge on any atom is 0.0991 e. The van der Waals surface area contributed by atoms with Crippen molar-refractivity contribution in [2.45, 2.75) is 12.2 Å². The predicted octanol–water partition coefficient (Wildman–Crippen LogP) is 2.36. The number of benzene rings is 1. The van der Waals surface area contributed by atoms with E-state index in [1.165, 1.54) is 5.56 Å². The Morgan fingerprint density at radius 1 is 1.44 bits per heavy atom. The molecule has 1 unspecified atom stereocenters. The van der Waals surface area contributed by atoms with E-state index in [-0.39, 0.29) is 12.0 Å². The van der Waals surface area contributed by atoms with Gasteiger partial charge in [0.05, 0.1) is 31.5 Å². The molecule has 0 aliphatic carbocycles. The van der Waals surface area contributed by atoms with Crippen molar-refractivity contribution in [3.63, 3.8) is 0 Å². The number of nitrogens with zero attached hydrogens (tertiary/aromatic N) is 1. The van der Waals surface area contributed by atoms with E-state index in [9.17, 15) is 5.11 Å². The van der Waals surface area contributed by atoms with Crippen LogP contribution in [0.3, 0.4) is 0 Å². The number of hydrogen-bond acceptors (Lipinski definition) is 4. The number of ether oxygens (including phenoxy) is 1. The molecule has 0 bridgehead atoms. The van der Waals surface area contributed by atoms with Crippen molar-refractivity contribution in [2.75, 3.05) is 25.6 Å². The molecule has 4 heteroatoms. The molecule has 1 aliphatic heterocycles. The van der Waals surface area contributed by atoms with Crippen LogP contribution in [0.15, 0.2) is 24.3 Å². The van der Waals surface area contributed by atoms with Gasteiger partial charge in [0.25, 0.3) is 0 Å². The zero-order chi connectivity index (χ0) is 13.0. The van der Waals surface area contributed by atoms with E-state index in [1.807, 2.05) is 36.0 Å². The van der Waals surface area contributed by atoms with Crippen molar-refractivity contribution in [1.29, 1.82) is 5.26 Å². The van der Waals surface area contributed by atoms with Crippen LogP contribution < -0.4 is 0 Å². The highest BCUT2D eigenvalue weighted by atomic mass is 32.2. The van der Waals surface area contributed by atoms with Gasteiger partial charge in [0.2, 0.25) is 0 Å². The molecule has 0 amide bonds. The number of thioether (sulfide) groups is 1. The molecule has 1 N–H and O–H groups in total. The van der Waals surface area contributed by atoms with Crippen LogP contribution >= 0.6 is 11.8 Å². The van der Waals surface area contributed by atoms with Gasteiger partial charge in [-0.25, -0.2) is 0 Å². The van der Waals surface area contributed by atoms with Gasteiger partial charge in [0.1, 0.15) is 0 Å². The average Bonchev–Trinajstić information content (AvgIpc) is 2.38. The SMILES string of the molecule is CC(SCC1(CO)COC1)c1ccc(C#N)cc1. The minimum Gasteiger partial charge on any atom is -0.396 e. The molecule has 96 valence electrons. The summed E-state index contributed by atoms with van der Waals surface area (Å²) < 4.78 is 5.19. The Morgan fingerprint density at radius 3 is 2.56 bits per heavy atom. The quantitative estimate of drug-likeness (QED) is 0.886. The third kappa shape index (κ3) is 2.86. The minimum absolute atomic E-state index is 0.0362. The van der Waals surface area contributed by atoms with Crippen LogP contribution in [0.4, 0.5) is 0 Å². The number of hydrogen-bond donors (Lipinski definition) is 1.